The van der Waals surface area contributed by atoms with Crippen LogP contribution < -0.4 is 18.9 Å². The van der Waals surface area contributed by atoms with Crippen LogP contribution in [0.3, 0.4) is 0 Å². The van der Waals surface area contributed by atoms with Crippen LogP contribution in [0.4, 0.5) is 0 Å². The van der Waals surface area contributed by atoms with Crippen LogP contribution in [0.1, 0.15) is 0 Å². The molecule has 2 heterocycles. The van der Waals surface area contributed by atoms with Crippen molar-refractivity contribution in [3.05, 3.63) is 48.7 Å². The molecule has 0 amide bonds. The van der Waals surface area contributed by atoms with Gasteiger partial charge in [0.25, 0.3) is 0 Å². The molecule has 0 radical (unpaired) electrons. The van der Waals surface area contributed by atoms with E-state index in [0.29, 0.717) is 22.9 Å². The Morgan fingerprint density at radius 3 is 2.17 bits per heavy atom. The van der Waals surface area contributed by atoms with Gasteiger partial charge in [0.15, 0.2) is 17.1 Å². The number of hydrogen-bond acceptors (Lipinski definition) is 6. The predicted octanol–water partition coefficient (Wildman–Crippen LogP) is 4.33. The summed E-state index contributed by atoms with van der Waals surface area (Å²) in [6.45, 7) is 0. The molecule has 0 spiro atoms. The predicted molar refractivity (Wildman–Crippen MR) is 111 cm³/mol. The quantitative estimate of drug-likeness (QED) is 0.527. The first-order valence-corrected chi connectivity index (χ1v) is 8.97. The highest BCUT2D eigenvalue weighted by molar-refractivity contribution is 5.94. The first-order chi connectivity index (χ1) is 14.2. The van der Waals surface area contributed by atoms with Gasteiger partial charge < -0.3 is 18.9 Å². The topological polar surface area (TPSA) is 78.5 Å². The van der Waals surface area contributed by atoms with Gasteiger partial charge in [0.1, 0.15) is 5.75 Å². The van der Waals surface area contributed by atoms with Gasteiger partial charge in [-0.1, -0.05) is 12.1 Å². The third-order valence-electron chi connectivity index (χ3n) is 4.77. The minimum atomic E-state index is 0.540. The summed E-state index contributed by atoms with van der Waals surface area (Å²) in [5.41, 5.74) is 4.27. The minimum Gasteiger partial charge on any atom is -0.497 e. The largest absolute Gasteiger partial charge is 0.497 e. The van der Waals surface area contributed by atoms with Crippen molar-refractivity contribution in [1.29, 1.82) is 0 Å². The van der Waals surface area contributed by atoms with Crippen molar-refractivity contribution in [3.8, 4) is 45.4 Å². The normalized spacial score (nSPS) is 10.8. The summed E-state index contributed by atoms with van der Waals surface area (Å²) >= 11 is 0. The maximum Gasteiger partial charge on any atom is 0.203 e. The lowest BCUT2D eigenvalue weighted by molar-refractivity contribution is 0.324. The number of pyridine rings is 1. The van der Waals surface area contributed by atoms with Crippen molar-refractivity contribution in [3.63, 3.8) is 0 Å². The molecule has 29 heavy (non-hydrogen) atoms. The zero-order valence-corrected chi connectivity index (χ0v) is 16.6. The van der Waals surface area contributed by atoms with Gasteiger partial charge in [-0.25, -0.2) is 4.98 Å². The van der Waals surface area contributed by atoms with Crippen molar-refractivity contribution in [1.82, 2.24) is 15.2 Å². The van der Waals surface area contributed by atoms with Crippen LogP contribution in [0.2, 0.25) is 0 Å². The first kappa shape index (κ1) is 18.6. The lowest BCUT2D eigenvalue weighted by Crippen LogP contribution is -1.96. The molecule has 0 bridgehead atoms. The summed E-state index contributed by atoms with van der Waals surface area (Å²) in [4.78, 5) is 4.51. The number of aromatic amines is 1. The summed E-state index contributed by atoms with van der Waals surface area (Å²) in [5.74, 6) is 2.47. The Balaban J connectivity index is 1.87. The van der Waals surface area contributed by atoms with Crippen LogP contribution in [0.5, 0.6) is 23.0 Å². The second-order valence-electron chi connectivity index (χ2n) is 6.34. The van der Waals surface area contributed by atoms with Crippen LogP contribution in [0.15, 0.2) is 48.7 Å². The Bertz CT molecular complexity index is 1140. The molecule has 0 aliphatic heterocycles. The number of benzene rings is 2. The molecule has 148 valence electrons. The summed E-state index contributed by atoms with van der Waals surface area (Å²) < 4.78 is 21.7. The monoisotopic (exact) mass is 391 g/mol. The Hall–Kier alpha value is -3.74. The zero-order valence-electron chi connectivity index (χ0n) is 16.6. The summed E-state index contributed by atoms with van der Waals surface area (Å²) in [5, 5.41) is 8.31. The maximum atomic E-state index is 5.48. The number of H-pyrrole nitrogens is 1. The number of rotatable bonds is 6. The zero-order chi connectivity index (χ0) is 20.4. The number of nitrogens with one attached hydrogen (secondary N) is 1. The van der Waals surface area contributed by atoms with E-state index < -0.39 is 0 Å². The van der Waals surface area contributed by atoms with Gasteiger partial charge >= 0.3 is 0 Å². The lowest BCUT2D eigenvalue weighted by Gasteiger charge is -2.13. The maximum absolute atomic E-state index is 5.48. The second kappa shape index (κ2) is 7.71. The molecule has 0 aliphatic rings. The smallest absolute Gasteiger partial charge is 0.203 e. The third-order valence-corrected chi connectivity index (χ3v) is 4.77. The fourth-order valence-electron chi connectivity index (χ4n) is 3.31. The van der Waals surface area contributed by atoms with Gasteiger partial charge in [0, 0.05) is 22.7 Å². The lowest BCUT2D eigenvalue weighted by atomic mass is 10.0. The van der Waals surface area contributed by atoms with Crippen molar-refractivity contribution in [2.24, 2.45) is 0 Å². The van der Waals surface area contributed by atoms with Gasteiger partial charge in [0.05, 0.1) is 34.1 Å². The molecule has 7 heteroatoms. The van der Waals surface area contributed by atoms with Crippen molar-refractivity contribution >= 4 is 11.0 Å². The molecular formula is C22H21N3O4. The van der Waals surface area contributed by atoms with Crippen LogP contribution in [-0.2, 0) is 0 Å². The van der Waals surface area contributed by atoms with Crippen LogP contribution in [-0.4, -0.2) is 43.6 Å². The SMILES string of the molecule is COc1cccc(-c2cnc3n[nH]c(-c4cc(OC)c(OC)c(OC)c4)c3c2)c1. The molecule has 2 aromatic carbocycles. The molecule has 4 rings (SSSR count). The molecular weight excluding hydrogens is 370 g/mol. The van der Waals surface area contributed by atoms with Crippen LogP contribution >= 0.6 is 0 Å². The fourth-order valence-corrected chi connectivity index (χ4v) is 3.31. The van der Waals surface area contributed by atoms with Gasteiger partial charge in [-0.2, -0.15) is 5.10 Å². The van der Waals surface area contributed by atoms with Crippen LogP contribution in [0.25, 0.3) is 33.4 Å². The van der Waals surface area contributed by atoms with E-state index in [0.717, 1.165) is 33.5 Å². The van der Waals surface area contributed by atoms with Crippen LogP contribution in [0, 0.1) is 0 Å². The van der Waals surface area contributed by atoms with Gasteiger partial charge in [0.2, 0.25) is 5.75 Å². The summed E-state index contributed by atoms with van der Waals surface area (Å²) in [7, 11) is 6.42. The highest BCUT2D eigenvalue weighted by Crippen LogP contribution is 2.42. The number of nitrogens with zero attached hydrogens (tertiary/aromatic N) is 2. The number of methoxy groups -OCH3 is 4. The third kappa shape index (κ3) is 3.31. The van der Waals surface area contributed by atoms with E-state index in [1.165, 1.54) is 0 Å². The standard InChI is InChI=1S/C22H21N3O4/c1-26-16-7-5-6-13(8-16)15-9-17-20(24-25-22(17)23-12-15)14-10-18(27-2)21(29-4)19(11-14)28-3/h5-12H,1-4H3,(H,23,24,25). The molecule has 0 atom stereocenters. The van der Waals surface area contributed by atoms with E-state index >= 15 is 0 Å². The summed E-state index contributed by atoms with van der Waals surface area (Å²) in [6, 6.07) is 13.7. The second-order valence-corrected chi connectivity index (χ2v) is 6.34. The highest BCUT2D eigenvalue weighted by atomic mass is 16.5. The average Bonchev–Trinajstić information content (AvgIpc) is 3.21. The molecule has 2 aromatic heterocycles. The van der Waals surface area contributed by atoms with Gasteiger partial charge in [-0.3, -0.25) is 5.10 Å². The van der Waals surface area contributed by atoms with E-state index in [4.69, 9.17) is 18.9 Å². The molecule has 7 nitrogen and oxygen atoms in total. The van der Waals surface area contributed by atoms with Crippen molar-refractivity contribution in [2.45, 2.75) is 0 Å². The van der Waals surface area contributed by atoms with E-state index in [-0.39, 0.29) is 0 Å². The molecule has 0 unspecified atom stereocenters. The number of fused-ring (bicyclic) bond motifs is 1. The molecule has 0 aliphatic carbocycles. The van der Waals surface area contributed by atoms with E-state index in [1.54, 1.807) is 34.6 Å². The Morgan fingerprint density at radius 2 is 1.52 bits per heavy atom. The average molecular weight is 391 g/mol. The van der Waals surface area contributed by atoms with E-state index in [1.807, 2.05) is 36.4 Å². The first-order valence-electron chi connectivity index (χ1n) is 8.97. The van der Waals surface area contributed by atoms with Gasteiger partial charge in [-0.15, -0.1) is 0 Å². The molecule has 1 N–H and O–H groups in total. The molecule has 4 aromatic rings. The van der Waals surface area contributed by atoms with Crippen molar-refractivity contribution < 1.29 is 18.9 Å². The highest BCUT2D eigenvalue weighted by Gasteiger charge is 2.17. The van der Waals surface area contributed by atoms with Crippen molar-refractivity contribution in [2.75, 3.05) is 28.4 Å². The Labute approximate surface area is 168 Å². The van der Waals surface area contributed by atoms with E-state index in [2.05, 4.69) is 21.2 Å². The number of ether oxygens (including phenoxy) is 4. The molecule has 0 saturated heterocycles. The number of hydrogen-bond donors (Lipinski definition) is 1. The fraction of sp³-hybridized carbons (Fsp3) is 0.182. The van der Waals surface area contributed by atoms with Gasteiger partial charge in [-0.05, 0) is 35.9 Å². The Kier molecular flexibility index (Phi) is 4.95. The minimum absolute atomic E-state index is 0.540. The summed E-state index contributed by atoms with van der Waals surface area (Å²) in [6.07, 6.45) is 1.80. The number of aromatic nitrogens is 3. The Morgan fingerprint density at radius 1 is 0.759 bits per heavy atom. The molecule has 0 saturated carbocycles. The van der Waals surface area contributed by atoms with E-state index in [9.17, 15) is 0 Å². The molecule has 0 fully saturated rings.